The van der Waals surface area contributed by atoms with E-state index in [1.54, 1.807) is 6.20 Å². The van der Waals surface area contributed by atoms with Gasteiger partial charge in [0.1, 0.15) is 0 Å². The summed E-state index contributed by atoms with van der Waals surface area (Å²) in [4.78, 5) is 17.9. The number of aromatic nitrogens is 3. The Morgan fingerprint density at radius 1 is 1.32 bits per heavy atom. The van der Waals surface area contributed by atoms with Crippen LogP contribution in [-0.4, -0.2) is 38.2 Å². The molecule has 2 N–H and O–H groups in total. The predicted octanol–water partition coefficient (Wildman–Crippen LogP) is 2.60. The molecule has 0 atom stereocenters. The van der Waals surface area contributed by atoms with E-state index in [4.69, 9.17) is 0 Å². The van der Waals surface area contributed by atoms with Crippen LogP contribution in [0, 0.1) is 6.92 Å². The first kappa shape index (κ1) is 16.4. The quantitative estimate of drug-likeness (QED) is 0.898. The number of amides is 1. The van der Waals surface area contributed by atoms with Crippen LogP contribution in [-0.2, 0) is 19.6 Å². The maximum Gasteiger partial charge on any atom is 0.253 e. The molecular weight excluding hydrogens is 314 g/mol. The first-order chi connectivity index (χ1) is 12.2. The van der Waals surface area contributed by atoms with Gasteiger partial charge < -0.3 is 10.3 Å². The Morgan fingerprint density at radius 3 is 2.92 bits per heavy atom. The number of nitrogens with one attached hydrogen (secondary N) is 2. The number of aromatic amines is 1. The lowest BCUT2D eigenvalue weighted by molar-refractivity contribution is 0.0950. The van der Waals surface area contributed by atoms with Crippen LogP contribution in [0.4, 0.5) is 0 Å². The first-order valence-corrected chi connectivity index (χ1v) is 9.42. The Labute approximate surface area is 148 Å². The zero-order chi connectivity index (χ0) is 17.2. The van der Waals surface area contributed by atoms with Gasteiger partial charge in [0.05, 0.1) is 30.0 Å². The molecule has 25 heavy (non-hydrogen) atoms. The molecule has 1 amide bonds. The molecule has 0 radical (unpaired) electrons. The van der Waals surface area contributed by atoms with Crippen LogP contribution in [0.2, 0.25) is 0 Å². The van der Waals surface area contributed by atoms with Crippen LogP contribution in [0.1, 0.15) is 59.5 Å². The maximum atomic E-state index is 12.2. The van der Waals surface area contributed by atoms with Crippen molar-refractivity contribution in [1.29, 1.82) is 0 Å². The van der Waals surface area contributed by atoms with Crippen LogP contribution in [0.3, 0.4) is 0 Å². The average Bonchev–Trinajstić information content (AvgIpc) is 3.25. The summed E-state index contributed by atoms with van der Waals surface area (Å²) in [6.07, 6.45) is 8.61. The number of carbonyl (C=O) groups is 1. The molecule has 1 fully saturated rings. The Kier molecular flexibility index (Phi) is 4.61. The molecule has 6 heteroatoms. The monoisotopic (exact) mass is 341 g/mol. The molecule has 1 aliphatic heterocycles. The Bertz CT molecular complexity index is 741. The van der Waals surface area contributed by atoms with Crippen molar-refractivity contribution in [2.24, 2.45) is 0 Å². The predicted molar refractivity (Wildman–Crippen MR) is 96.2 cm³/mol. The van der Waals surface area contributed by atoms with Gasteiger partial charge in [-0.3, -0.25) is 14.4 Å². The second kappa shape index (κ2) is 7.04. The number of carbonyl (C=O) groups excluding carboxylic acids is 1. The molecule has 1 aliphatic carbocycles. The van der Waals surface area contributed by atoms with E-state index in [0.717, 1.165) is 37.1 Å². The third kappa shape index (κ3) is 3.49. The number of nitrogens with zero attached hydrogens (tertiary/aromatic N) is 3. The van der Waals surface area contributed by atoms with Crippen molar-refractivity contribution >= 4 is 5.91 Å². The highest BCUT2D eigenvalue weighted by atomic mass is 16.1. The molecule has 2 aromatic rings. The minimum absolute atomic E-state index is 0.0476. The number of hydrogen-bond donors (Lipinski definition) is 2. The summed E-state index contributed by atoms with van der Waals surface area (Å²) < 4.78 is 2.11. The molecule has 0 aromatic carbocycles. The van der Waals surface area contributed by atoms with Gasteiger partial charge in [-0.15, -0.1) is 0 Å². The molecule has 2 aliphatic rings. The minimum Gasteiger partial charge on any atom is -0.365 e. The summed E-state index contributed by atoms with van der Waals surface area (Å²) in [5.74, 6) is -0.0476. The van der Waals surface area contributed by atoms with E-state index in [1.807, 2.05) is 13.0 Å². The Morgan fingerprint density at radius 2 is 2.16 bits per heavy atom. The second-order valence-corrected chi connectivity index (χ2v) is 7.31. The molecule has 0 spiro atoms. The summed E-state index contributed by atoms with van der Waals surface area (Å²) >= 11 is 0. The molecule has 0 bridgehead atoms. The molecule has 0 saturated heterocycles. The number of H-pyrrole nitrogens is 1. The van der Waals surface area contributed by atoms with E-state index in [-0.39, 0.29) is 5.91 Å². The van der Waals surface area contributed by atoms with E-state index in [0.29, 0.717) is 12.1 Å². The molecule has 2 aromatic heterocycles. The van der Waals surface area contributed by atoms with Gasteiger partial charge in [0, 0.05) is 31.0 Å². The number of hydrogen-bond acceptors (Lipinski definition) is 3. The molecule has 0 unspecified atom stereocenters. The summed E-state index contributed by atoms with van der Waals surface area (Å²) in [6.45, 7) is 5.42. The topological polar surface area (TPSA) is 66.0 Å². The highest BCUT2D eigenvalue weighted by Gasteiger charge is 2.26. The van der Waals surface area contributed by atoms with Crippen LogP contribution in [0.5, 0.6) is 0 Å². The summed E-state index contributed by atoms with van der Waals surface area (Å²) in [5.41, 5.74) is 3.82. The van der Waals surface area contributed by atoms with Crippen LogP contribution >= 0.6 is 0 Å². The fourth-order valence-corrected chi connectivity index (χ4v) is 4.16. The van der Waals surface area contributed by atoms with Gasteiger partial charge in [-0.05, 0) is 31.9 Å². The van der Waals surface area contributed by atoms with Crippen LogP contribution in [0.15, 0.2) is 18.3 Å². The highest BCUT2D eigenvalue weighted by molar-refractivity contribution is 5.95. The van der Waals surface area contributed by atoms with Gasteiger partial charge in [0.25, 0.3) is 5.91 Å². The molecule has 4 rings (SSSR count). The number of fused-ring (bicyclic) bond motifs is 1. The Hall–Kier alpha value is -2.08. The van der Waals surface area contributed by atoms with Crippen molar-refractivity contribution in [3.63, 3.8) is 0 Å². The van der Waals surface area contributed by atoms with Crippen LogP contribution in [0.25, 0.3) is 0 Å². The van der Waals surface area contributed by atoms with Crippen molar-refractivity contribution in [1.82, 2.24) is 25.0 Å². The number of aryl methyl sites for hydroxylation is 1. The van der Waals surface area contributed by atoms with Crippen LogP contribution < -0.4 is 5.32 Å². The van der Waals surface area contributed by atoms with Gasteiger partial charge in [-0.2, -0.15) is 5.10 Å². The average molecular weight is 341 g/mol. The standard InChI is InChI=1S/C19H27N5O/c1-14-18(7-8-20-14)19(25)21-12-15-11-17-13-23(9-10-24(17)22-15)16-5-3-2-4-6-16/h7-8,11,16,20H,2-6,9-10,12-13H2,1H3,(H,21,25). The lowest BCUT2D eigenvalue weighted by Crippen LogP contribution is -2.42. The van der Waals surface area contributed by atoms with Crippen molar-refractivity contribution < 1.29 is 4.79 Å². The van der Waals surface area contributed by atoms with Gasteiger partial charge >= 0.3 is 0 Å². The fraction of sp³-hybridized carbons (Fsp3) is 0.579. The normalized spacial score (nSPS) is 18.9. The highest BCUT2D eigenvalue weighted by Crippen LogP contribution is 2.26. The third-order valence-electron chi connectivity index (χ3n) is 5.60. The van der Waals surface area contributed by atoms with E-state index >= 15 is 0 Å². The van der Waals surface area contributed by atoms with E-state index in [9.17, 15) is 4.79 Å². The van der Waals surface area contributed by atoms with E-state index in [1.165, 1.54) is 37.8 Å². The molecule has 134 valence electrons. The van der Waals surface area contributed by atoms with E-state index in [2.05, 4.69) is 31.0 Å². The smallest absolute Gasteiger partial charge is 0.253 e. The first-order valence-electron chi connectivity index (χ1n) is 9.42. The zero-order valence-electron chi connectivity index (χ0n) is 14.9. The molecule has 1 saturated carbocycles. The summed E-state index contributed by atoms with van der Waals surface area (Å²) in [5, 5.41) is 7.65. The second-order valence-electron chi connectivity index (χ2n) is 7.31. The SMILES string of the molecule is Cc1[nH]ccc1C(=O)NCc1cc2n(n1)CCN(C1CCCCC1)C2. The summed E-state index contributed by atoms with van der Waals surface area (Å²) in [7, 11) is 0. The summed E-state index contributed by atoms with van der Waals surface area (Å²) in [6, 6.07) is 4.71. The molecule has 6 nitrogen and oxygen atoms in total. The van der Waals surface area contributed by atoms with Gasteiger partial charge in [-0.25, -0.2) is 0 Å². The minimum atomic E-state index is -0.0476. The lowest BCUT2D eigenvalue weighted by atomic mass is 9.94. The van der Waals surface area contributed by atoms with Crippen molar-refractivity contribution in [3.8, 4) is 0 Å². The van der Waals surface area contributed by atoms with Crippen molar-refractivity contribution in [2.45, 2.75) is 64.7 Å². The fourth-order valence-electron chi connectivity index (χ4n) is 4.16. The third-order valence-corrected chi connectivity index (χ3v) is 5.60. The largest absolute Gasteiger partial charge is 0.365 e. The van der Waals surface area contributed by atoms with Gasteiger partial charge in [0.2, 0.25) is 0 Å². The van der Waals surface area contributed by atoms with Gasteiger partial charge in [0.15, 0.2) is 0 Å². The lowest BCUT2D eigenvalue weighted by Gasteiger charge is -2.36. The maximum absolute atomic E-state index is 12.2. The molecular formula is C19H27N5O. The number of rotatable bonds is 4. The van der Waals surface area contributed by atoms with Crippen molar-refractivity contribution in [2.75, 3.05) is 6.54 Å². The zero-order valence-corrected chi connectivity index (χ0v) is 14.9. The van der Waals surface area contributed by atoms with Crippen molar-refractivity contribution in [3.05, 3.63) is 41.0 Å². The van der Waals surface area contributed by atoms with E-state index < -0.39 is 0 Å². The molecule has 3 heterocycles. The Balaban J connectivity index is 1.37. The van der Waals surface area contributed by atoms with Gasteiger partial charge in [-0.1, -0.05) is 19.3 Å².